The van der Waals surface area contributed by atoms with Crippen LogP contribution in [0.3, 0.4) is 0 Å². The van der Waals surface area contributed by atoms with Crippen molar-refractivity contribution in [1.29, 1.82) is 0 Å². The molecule has 0 fully saturated rings. The van der Waals surface area contributed by atoms with Crippen molar-refractivity contribution in [2.24, 2.45) is 7.05 Å². The van der Waals surface area contributed by atoms with Crippen molar-refractivity contribution in [3.63, 3.8) is 0 Å². The number of rotatable bonds is 4. The van der Waals surface area contributed by atoms with Crippen LogP contribution in [-0.4, -0.2) is 27.7 Å². The van der Waals surface area contributed by atoms with Gasteiger partial charge in [-0.3, -0.25) is 0 Å². The fourth-order valence-electron chi connectivity index (χ4n) is 3.11. The van der Waals surface area contributed by atoms with Gasteiger partial charge in [-0.05, 0) is 32.0 Å². The highest BCUT2D eigenvalue weighted by Gasteiger charge is 2.15. The molecule has 2 aromatic heterocycles. The van der Waals surface area contributed by atoms with E-state index in [2.05, 4.69) is 32.6 Å². The number of hydrogen-bond donors (Lipinski definition) is 0. The van der Waals surface area contributed by atoms with Crippen molar-refractivity contribution in [3.8, 4) is 11.5 Å². The molecule has 4 aromatic rings. The summed E-state index contributed by atoms with van der Waals surface area (Å²) < 4.78 is 14.5. The fourth-order valence-corrected chi connectivity index (χ4v) is 3.47. The molecule has 128 valence electrons. The molecule has 0 radical (unpaired) electrons. The number of ether oxygens (including phenoxy) is 2. The molecule has 6 heteroatoms. The summed E-state index contributed by atoms with van der Waals surface area (Å²) in [7, 11) is 2.01. The molecule has 0 aliphatic heterocycles. The smallest absolute Gasteiger partial charge is 0.163 e. The van der Waals surface area contributed by atoms with Gasteiger partial charge in [-0.25, -0.2) is 9.97 Å². The fraction of sp³-hybridized carbons (Fsp3) is 0.263. The van der Waals surface area contributed by atoms with E-state index in [1.165, 1.54) is 0 Å². The van der Waals surface area contributed by atoms with Gasteiger partial charge in [0, 0.05) is 29.0 Å². The molecule has 0 amide bonds. The molecule has 0 bridgehead atoms. The van der Waals surface area contributed by atoms with Gasteiger partial charge >= 0.3 is 0 Å². The summed E-state index contributed by atoms with van der Waals surface area (Å²) in [5.74, 6) is 1.40. The van der Waals surface area contributed by atoms with Crippen LogP contribution in [0, 0.1) is 0 Å². The maximum absolute atomic E-state index is 5.72. The molecule has 0 unspecified atom stereocenters. The zero-order valence-electron chi connectivity index (χ0n) is 14.3. The van der Waals surface area contributed by atoms with E-state index in [1.807, 2.05) is 39.1 Å². The highest BCUT2D eigenvalue weighted by molar-refractivity contribution is 9.10. The highest BCUT2D eigenvalue weighted by atomic mass is 79.9. The topological polar surface area (TPSA) is 49.2 Å². The molecular formula is C19H18BrN3O2. The quantitative estimate of drug-likeness (QED) is 0.492. The number of hydrogen-bond acceptors (Lipinski definition) is 4. The zero-order valence-corrected chi connectivity index (χ0v) is 15.9. The van der Waals surface area contributed by atoms with Gasteiger partial charge in [0.1, 0.15) is 5.52 Å². The van der Waals surface area contributed by atoms with Gasteiger partial charge in [0.15, 0.2) is 17.1 Å². The lowest BCUT2D eigenvalue weighted by atomic mass is 10.2. The Kier molecular flexibility index (Phi) is 4.00. The molecule has 0 aliphatic carbocycles. The summed E-state index contributed by atoms with van der Waals surface area (Å²) >= 11 is 3.54. The van der Waals surface area contributed by atoms with E-state index in [4.69, 9.17) is 19.4 Å². The second kappa shape index (κ2) is 6.19. The summed E-state index contributed by atoms with van der Waals surface area (Å²) in [6, 6.07) is 10.00. The maximum atomic E-state index is 5.72. The summed E-state index contributed by atoms with van der Waals surface area (Å²) in [6.45, 7) is 5.05. The molecule has 25 heavy (non-hydrogen) atoms. The van der Waals surface area contributed by atoms with E-state index in [9.17, 15) is 0 Å². The normalized spacial score (nSPS) is 11.5. The summed E-state index contributed by atoms with van der Waals surface area (Å²) in [4.78, 5) is 9.71. The van der Waals surface area contributed by atoms with Crippen LogP contribution in [0.4, 0.5) is 0 Å². The molecule has 4 rings (SSSR count). The Hall–Kier alpha value is -2.34. The second-order valence-corrected chi connectivity index (χ2v) is 6.69. The lowest BCUT2D eigenvalue weighted by Gasteiger charge is -2.11. The highest BCUT2D eigenvalue weighted by Crippen LogP contribution is 2.34. The molecular weight excluding hydrogens is 382 g/mol. The van der Waals surface area contributed by atoms with Crippen molar-refractivity contribution in [3.05, 3.63) is 34.8 Å². The predicted octanol–water partition coefficient (Wildman–Crippen LogP) is 4.83. The van der Waals surface area contributed by atoms with Crippen LogP contribution >= 0.6 is 15.9 Å². The summed E-state index contributed by atoms with van der Waals surface area (Å²) in [6.07, 6.45) is 0. The predicted molar refractivity (Wildman–Crippen MR) is 104 cm³/mol. The molecule has 2 aromatic carbocycles. The second-order valence-electron chi connectivity index (χ2n) is 5.77. The molecule has 5 nitrogen and oxygen atoms in total. The first-order chi connectivity index (χ1) is 12.1. The van der Waals surface area contributed by atoms with Crippen LogP contribution in [0.25, 0.3) is 33.1 Å². The van der Waals surface area contributed by atoms with Crippen molar-refractivity contribution in [2.45, 2.75) is 13.8 Å². The van der Waals surface area contributed by atoms with E-state index < -0.39 is 0 Å². The minimum Gasteiger partial charge on any atom is -0.490 e. The number of aromatic nitrogens is 3. The van der Waals surface area contributed by atoms with E-state index in [1.54, 1.807) is 0 Å². The Morgan fingerprint density at radius 2 is 1.60 bits per heavy atom. The van der Waals surface area contributed by atoms with Crippen molar-refractivity contribution < 1.29 is 9.47 Å². The lowest BCUT2D eigenvalue weighted by molar-refractivity contribution is 0.288. The molecule has 0 spiro atoms. The first-order valence-electron chi connectivity index (χ1n) is 8.27. The van der Waals surface area contributed by atoms with Gasteiger partial charge in [-0.2, -0.15) is 0 Å². The molecule has 0 aliphatic rings. The Balaban J connectivity index is 2.06. The largest absolute Gasteiger partial charge is 0.490 e. The average Bonchev–Trinajstić information content (AvgIpc) is 2.86. The third kappa shape index (κ3) is 2.61. The average molecular weight is 400 g/mol. The van der Waals surface area contributed by atoms with Crippen LogP contribution in [-0.2, 0) is 7.05 Å². The van der Waals surface area contributed by atoms with E-state index in [0.29, 0.717) is 24.7 Å². The van der Waals surface area contributed by atoms with Crippen LogP contribution in [0.1, 0.15) is 13.8 Å². The Morgan fingerprint density at radius 1 is 0.960 bits per heavy atom. The molecule has 0 saturated carbocycles. The van der Waals surface area contributed by atoms with Crippen LogP contribution in [0.2, 0.25) is 0 Å². The molecule has 0 atom stereocenters. The molecule has 0 saturated heterocycles. The number of nitrogens with zero attached hydrogens (tertiary/aromatic N) is 3. The van der Waals surface area contributed by atoms with Crippen LogP contribution in [0.5, 0.6) is 11.5 Å². The Bertz CT molecular complexity index is 1100. The molecule has 2 heterocycles. The third-order valence-electron chi connectivity index (χ3n) is 4.20. The third-order valence-corrected chi connectivity index (χ3v) is 4.70. The van der Waals surface area contributed by atoms with Gasteiger partial charge in [0.05, 0.1) is 29.8 Å². The van der Waals surface area contributed by atoms with Crippen molar-refractivity contribution in [1.82, 2.24) is 14.5 Å². The number of fused-ring (bicyclic) bond motifs is 4. The zero-order chi connectivity index (χ0) is 17.6. The van der Waals surface area contributed by atoms with Gasteiger partial charge in [-0.15, -0.1) is 0 Å². The van der Waals surface area contributed by atoms with Gasteiger partial charge in [0.2, 0.25) is 0 Å². The number of benzene rings is 2. The van der Waals surface area contributed by atoms with E-state index in [0.717, 1.165) is 37.6 Å². The minimum absolute atomic E-state index is 0.572. The Labute approximate surface area is 153 Å². The standard InChI is InChI=1S/C19H18BrN3O2/c1-4-24-16-9-13-14(10-17(16)25-5-2)22-19-18(21-13)12-8-11(20)6-7-15(12)23(19)3/h6-10H,4-5H2,1-3H3. The first-order valence-corrected chi connectivity index (χ1v) is 9.06. The van der Waals surface area contributed by atoms with Gasteiger partial charge in [0.25, 0.3) is 0 Å². The monoisotopic (exact) mass is 399 g/mol. The van der Waals surface area contributed by atoms with Gasteiger partial charge in [-0.1, -0.05) is 15.9 Å². The first kappa shape index (κ1) is 16.1. The maximum Gasteiger partial charge on any atom is 0.163 e. The SMILES string of the molecule is CCOc1cc2nc3c4cc(Br)ccc4n(C)c3nc2cc1OCC. The van der Waals surface area contributed by atoms with E-state index in [-0.39, 0.29) is 0 Å². The number of aryl methyl sites for hydroxylation is 1. The van der Waals surface area contributed by atoms with Gasteiger partial charge < -0.3 is 14.0 Å². The summed E-state index contributed by atoms with van der Waals surface area (Å²) in [5, 5.41) is 1.08. The van der Waals surface area contributed by atoms with Crippen LogP contribution < -0.4 is 9.47 Å². The minimum atomic E-state index is 0.572. The number of halogens is 1. The summed E-state index contributed by atoms with van der Waals surface area (Å²) in [5.41, 5.74) is 4.44. The van der Waals surface area contributed by atoms with Crippen LogP contribution in [0.15, 0.2) is 34.8 Å². The van der Waals surface area contributed by atoms with Crippen molar-refractivity contribution >= 4 is 49.0 Å². The molecule has 0 N–H and O–H groups in total. The van der Waals surface area contributed by atoms with Crippen molar-refractivity contribution in [2.75, 3.05) is 13.2 Å². The van der Waals surface area contributed by atoms with E-state index >= 15 is 0 Å². The lowest BCUT2D eigenvalue weighted by Crippen LogP contribution is -2.00. The Morgan fingerprint density at radius 3 is 2.24 bits per heavy atom.